The Labute approximate surface area is 137 Å². The molecule has 1 heterocycles. The predicted octanol–water partition coefficient (Wildman–Crippen LogP) is 5.23. The van der Waals surface area contributed by atoms with Crippen molar-refractivity contribution in [3.05, 3.63) is 54.1 Å². The highest BCUT2D eigenvalue weighted by atomic mass is 35.5. The van der Waals surface area contributed by atoms with Crippen LogP contribution >= 0.6 is 11.6 Å². The molecule has 0 amide bonds. The fourth-order valence-electron chi connectivity index (χ4n) is 2.76. The van der Waals surface area contributed by atoms with Gasteiger partial charge in [-0.3, -0.25) is 0 Å². The highest BCUT2D eigenvalue weighted by Gasteiger charge is 2.33. The van der Waals surface area contributed by atoms with Crippen molar-refractivity contribution in [2.24, 2.45) is 0 Å². The molecule has 0 N–H and O–H groups in total. The Morgan fingerprint density at radius 2 is 1.91 bits per heavy atom. The lowest BCUT2D eigenvalue weighted by Gasteiger charge is -2.38. The van der Waals surface area contributed by atoms with Gasteiger partial charge in [0.25, 0.3) is 0 Å². The van der Waals surface area contributed by atoms with Crippen LogP contribution in [0.2, 0.25) is 0 Å². The maximum absolute atomic E-state index is 13.0. The van der Waals surface area contributed by atoms with Crippen molar-refractivity contribution in [2.75, 3.05) is 17.4 Å². The third kappa shape index (κ3) is 3.24. The van der Waals surface area contributed by atoms with Crippen molar-refractivity contribution >= 4 is 23.0 Å². The summed E-state index contributed by atoms with van der Waals surface area (Å²) in [6.07, 6.45) is -3.75. The lowest BCUT2D eigenvalue weighted by molar-refractivity contribution is -0.137. The molecule has 0 saturated heterocycles. The van der Waals surface area contributed by atoms with E-state index in [4.69, 9.17) is 16.3 Å². The van der Waals surface area contributed by atoms with Crippen molar-refractivity contribution in [2.45, 2.75) is 18.6 Å². The fourth-order valence-corrected chi connectivity index (χ4v) is 3.01. The van der Waals surface area contributed by atoms with Crippen molar-refractivity contribution in [1.29, 1.82) is 0 Å². The molecular weight excluding hydrogens is 327 g/mol. The average Bonchev–Trinajstić information content (AvgIpc) is 2.54. The minimum absolute atomic E-state index is 0.106. The summed E-state index contributed by atoms with van der Waals surface area (Å²) >= 11 is 5.86. The number of nitrogens with zero attached hydrogens (tertiary/aromatic N) is 1. The summed E-state index contributed by atoms with van der Waals surface area (Å²) in [5.41, 5.74) is 0.586. The summed E-state index contributed by atoms with van der Waals surface area (Å²) in [6, 6.07) is 12.6. The van der Waals surface area contributed by atoms with E-state index in [1.54, 1.807) is 6.07 Å². The number of hydrogen-bond acceptors (Lipinski definition) is 2. The van der Waals surface area contributed by atoms with E-state index in [1.165, 1.54) is 12.1 Å². The van der Waals surface area contributed by atoms with E-state index in [-0.39, 0.29) is 6.04 Å². The van der Waals surface area contributed by atoms with Gasteiger partial charge in [-0.2, -0.15) is 13.2 Å². The molecule has 3 rings (SSSR count). The van der Waals surface area contributed by atoms with Gasteiger partial charge >= 0.3 is 6.18 Å². The molecule has 0 radical (unpaired) electrons. The molecule has 2 aromatic rings. The largest absolute Gasteiger partial charge is 0.489 e. The third-order valence-electron chi connectivity index (χ3n) is 3.82. The normalized spacial score (nSPS) is 17.6. The number of halogens is 4. The quantitative estimate of drug-likeness (QED) is 0.708. The van der Waals surface area contributed by atoms with Gasteiger partial charge in [0.2, 0.25) is 0 Å². The summed E-state index contributed by atoms with van der Waals surface area (Å²) in [5, 5.41) is 0. The predicted molar refractivity (Wildman–Crippen MR) is 84.6 cm³/mol. The second-order valence-corrected chi connectivity index (χ2v) is 5.71. The van der Waals surface area contributed by atoms with Crippen LogP contribution in [0.25, 0.3) is 0 Å². The summed E-state index contributed by atoms with van der Waals surface area (Å²) in [4.78, 5) is 1.89. The summed E-state index contributed by atoms with van der Waals surface area (Å²) in [6.45, 7) is 0.389. The Hall–Kier alpha value is -1.88. The van der Waals surface area contributed by atoms with Crippen LogP contribution in [0.4, 0.5) is 24.5 Å². The molecule has 2 aromatic carbocycles. The van der Waals surface area contributed by atoms with Crippen LogP contribution in [0.5, 0.6) is 5.75 Å². The van der Waals surface area contributed by atoms with E-state index in [2.05, 4.69) is 0 Å². The van der Waals surface area contributed by atoms with Gasteiger partial charge in [0.15, 0.2) is 0 Å². The van der Waals surface area contributed by atoms with Gasteiger partial charge in [0, 0.05) is 11.6 Å². The zero-order valence-corrected chi connectivity index (χ0v) is 12.9. The fraction of sp³-hybridized carbons (Fsp3) is 0.294. The number of fused-ring (bicyclic) bond motifs is 1. The van der Waals surface area contributed by atoms with Crippen LogP contribution in [0, 0.1) is 0 Å². The van der Waals surface area contributed by atoms with Crippen molar-refractivity contribution in [3.63, 3.8) is 0 Å². The van der Waals surface area contributed by atoms with E-state index in [0.29, 0.717) is 30.3 Å². The zero-order valence-electron chi connectivity index (χ0n) is 12.2. The number of benzene rings is 2. The van der Waals surface area contributed by atoms with Gasteiger partial charge in [0.1, 0.15) is 12.4 Å². The van der Waals surface area contributed by atoms with Crippen molar-refractivity contribution < 1.29 is 17.9 Å². The first-order valence-electron chi connectivity index (χ1n) is 7.25. The molecular formula is C17H15ClF3NO. The second kappa shape index (κ2) is 6.32. The maximum Gasteiger partial charge on any atom is 0.416 e. The molecule has 1 unspecified atom stereocenters. The van der Waals surface area contributed by atoms with Gasteiger partial charge in [-0.05, 0) is 36.8 Å². The van der Waals surface area contributed by atoms with Gasteiger partial charge in [-0.25, -0.2) is 0 Å². The molecule has 122 valence electrons. The molecule has 6 heteroatoms. The van der Waals surface area contributed by atoms with Crippen LogP contribution in [-0.2, 0) is 6.18 Å². The Kier molecular flexibility index (Phi) is 4.39. The highest BCUT2D eigenvalue weighted by Crippen LogP contribution is 2.41. The molecule has 0 spiro atoms. The number of ether oxygens (including phenoxy) is 1. The van der Waals surface area contributed by atoms with Gasteiger partial charge in [-0.1, -0.05) is 18.2 Å². The molecule has 0 aliphatic carbocycles. The lowest BCUT2D eigenvalue weighted by atomic mass is 10.1. The Morgan fingerprint density at radius 3 is 2.65 bits per heavy atom. The second-order valence-electron chi connectivity index (χ2n) is 5.33. The molecule has 0 aromatic heterocycles. The molecule has 2 nitrogen and oxygen atoms in total. The minimum atomic E-state index is -4.37. The molecule has 1 aliphatic heterocycles. The van der Waals surface area contributed by atoms with E-state index >= 15 is 0 Å². The molecule has 0 saturated carbocycles. The van der Waals surface area contributed by atoms with Gasteiger partial charge in [0.05, 0.1) is 17.3 Å². The smallest absolute Gasteiger partial charge is 0.416 e. The van der Waals surface area contributed by atoms with E-state index < -0.39 is 11.7 Å². The van der Waals surface area contributed by atoms with Crippen molar-refractivity contribution in [3.8, 4) is 5.75 Å². The summed E-state index contributed by atoms with van der Waals surface area (Å²) in [5.74, 6) is 1.07. The molecule has 1 aliphatic rings. The number of para-hydroxylation sites is 2. The molecule has 23 heavy (non-hydrogen) atoms. The first-order chi connectivity index (χ1) is 11.0. The maximum atomic E-state index is 13.0. The SMILES string of the molecule is FC(F)(F)c1cccc(N2c3ccccc3OCC2CCCl)c1. The molecule has 0 fully saturated rings. The van der Waals surface area contributed by atoms with Crippen LogP contribution in [0.3, 0.4) is 0 Å². The monoisotopic (exact) mass is 341 g/mol. The van der Waals surface area contributed by atoms with Gasteiger partial charge in [-0.15, -0.1) is 11.6 Å². The highest BCUT2D eigenvalue weighted by molar-refractivity contribution is 6.17. The van der Waals surface area contributed by atoms with Crippen LogP contribution in [0.15, 0.2) is 48.5 Å². The minimum Gasteiger partial charge on any atom is -0.489 e. The zero-order chi connectivity index (χ0) is 16.4. The Balaban J connectivity index is 2.07. The number of anilines is 2. The average molecular weight is 342 g/mol. The Bertz CT molecular complexity index is 690. The standard InChI is InChI=1S/C17H15ClF3NO/c18-9-8-14-11-23-16-7-2-1-6-15(16)22(14)13-5-3-4-12(10-13)17(19,20)21/h1-7,10,14H,8-9,11H2. The first-order valence-corrected chi connectivity index (χ1v) is 7.78. The van der Waals surface area contributed by atoms with Gasteiger partial charge < -0.3 is 9.64 Å². The lowest BCUT2D eigenvalue weighted by Crippen LogP contribution is -2.40. The van der Waals surface area contributed by atoms with E-state index in [1.807, 2.05) is 29.2 Å². The summed E-state index contributed by atoms with van der Waals surface area (Å²) in [7, 11) is 0. The molecule has 1 atom stereocenters. The van der Waals surface area contributed by atoms with Crippen LogP contribution in [0.1, 0.15) is 12.0 Å². The number of rotatable bonds is 3. The van der Waals surface area contributed by atoms with Crippen molar-refractivity contribution in [1.82, 2.24) is 0 Å². The van der Waals surface area contributed by atoms with E-state index in [9.17, 15) is 13.2 Å². The third-order valence-corrected chi connectivity index (χ3v) is 4.03. The van der Waals surface area contributed by atoms with Crippen LogP contribution < -0.4 is 9.64 Å². The van der Waals surface area contributed by atoms with E-state index in [0.717, 1.165) is 11.8 Å². The molecule has 0 bridgehead atoms. The number of hydrogen-bond donors (Lipinski definition) is 0. The first kappa shape index (κ1) is 16.0. The Morgan fingerprint density at radius 1 is 1.13 bits per heavy atom. The topological polar surface area (TPSA) is 12.5 Å². The van der Waals surface area contributed by atoms with Crippen LogP contribution in [-0.4, -0.2) is 18.5 Å². The number of alkyl halides is 4. The summed E-state index contributed by atoms with van der Waals surface area (Å²) < 4.78 is 44.8.